The Bertz CT molecular complexity index is 218. The molecule has 1 heterocycles. The van der Waals surface area contributed by atoms with Crippen LogP contribution in [0.2, 0.25) is 0 Å². The fraction of sp³-hybridized carbons (Fsp3) is 0.556. The second-order valence-electron chi connectivity index (χ2n) is 2.88. The first kappa shape index (κ1) is 9.13. The molecule has 0 aliphatic heterocycles. The summed E-state index contributed by atoms with van der Waals surface area (Å²) in [6.07, 6.45) is 7.02. The maximum absolute atomic E-state index is 5.39. The molecule has 0 saturated carbocycles. The molecule has 0 atom stereocenters. The van der Waals surface area contributed by atoms with Gasteiger partial charge in [0.05, 0.1) is 0 Å². The van der Waals surface area contributed by atoms with Crippen molar-refractivity contribution in [2.24, 2.45) is 5.73 Å². The quantitative estimate of drug-likeness (QED) is 0.679. The molecule has 0 aromatic carbocycles. The van der Waals surface area contributed by atoms with E-state index in [2.05, 4.69) is 9.97 Å². The molecule has 0 fully saturated rings. The molecular formula is C9H15N3. The molecule has 0 bridgehead atoms. The molecule has 1 aromatic rings. The van der Waals surface area contributed by atoms with Gasteiger partial charge in [-0.25, -0.2) is 9.97 Å². The Morgan fingerprint density at radius 3 is 2.50 bits per heavy atom. The summed E-state index contributed by atoms with van der Waals surface area (Å²) in [5, 5.41) is 0. The monoisotopic (exact) mass is 165 g/mol. The highest BCUT2D eigenvalue weighted by Crippen LogP contribution is 2.01. The lowest BCUT2D eigenvalue weighted by molar-refractivity contribution is 0.739. The smallest absolute Gasteiger partial charge is 0.125 e. The molecule has 2 N–H and O–H groups in total. The van der Waals surface area contributed by atoms with Crippen molar-refractivity contribution in [1.29, 1.82) is 0 Å². The molecule has 1 aromatic heterocycles. The van der Waals surface area contributed by atoms with E-state index < -0.39 is 0 Å². The fourth-order valence-corrected chi connectivity index (χ4v) is 1.02. The Kier molecular flexibility index (Phi) is 3.67. The number of aryl methyl sites for hydroxylation is 2. The Morgan fingerprint density at radius 2 is 1.92 bits per heavy atom. The molecule has 0 aliphatic carbocycles. The van der Waals surface area contributed by atoms with Crippen molar-refractivity contribution in [3.8, 4) is 0 Å². The Hall–Kier alpha value is -0.960. The second kappa shape index (κ2) is 4.83. The highest BCUT2D eigenvalue weighted by atomic mass is 14.8. The SMILES string of the molecule is Cc1ncc(CCCCN)cn1. The summed E-state index contributed by atoms with van der Waals surface area (Å²) in [4.78, 5) is 8.23. The van der Waals surface area contributed by atoms with Gasteiger partial charge in [0.15, 0.2) is 0 Å². The summed E-state index contributed by atoms with van der Waals surface area (Å²) in [7, 11) is 0. The number of aromatic nitrogens is 2. The molecular weight excluding hydrogens is 150 g/mol. The highest BCUT2D eigenvalue weighted by molar-refractivity contribution is 5.04. The van der Waals surface area contributed by atoms with Crippen molar-refractivity contribution in [3.63, 3.8) is 0 Å². The van der Waals surface area contributed by atoms with Crippen molar-refractivity contribution >= 4 is 0 Å². The molecule has 0 saturated heterocycles. The van der Waals surface area contributed by atoms with Crippen LogP contribution in [0.3, 0.4) is 0 Å². The number of nitrogens with two attached hydrogens (primary N) is 1. The van der Waals surface area contributed by atoms with Crippen molar-refractivity contribution in [1.82, 2.24) is 9.97 Å². The standard InChI is InChI=1S/C9H15N3/c1-8-11-6-9(7-12-8)4-2-3-5-10/h6-7H,2-5,10H2,1H3. The molecule has 0 aliphatic rings. The minimum Gasteiger partial charge on any atom is -0.330 e. The molecule has 0 amide bonds. The summed E-state index contributed by atoms with van der Waals surface area (Å²) in [5.41, 5.74) is 6.59. The zero-order chi connectivity index (χ0) is 8.81. The highest BCUT2D eigenvalue weighted by Gasteiger charge is 1.93. The van der Waals surface area contributed by atoms with Crippen LogP contribution in [0.25, 0.3) is 0 Å². The van der Waals surface area contributed by atoms with Gasteiger partial charge >= 0.3 is 0 Å². The lowest BCUT2D eigenvalue weighted by atomic mass is 10.1. The van der Waals surface area contributed by atoms with Crippen molar-refractivity contribution in [3.05, 3.63) is 23.8 Å². The van der Waals surface area contributed by atoms with Crippen LogP contribution < -0.4 is 5.73 Å². The van der Waals surface area contributed by atoms with Gasteiger partial charge in [-0.1, -0.05) is 0 Å². The van der Waals surface area contributed by atoms with Crippen molar-refractivity contribution in [2.75, 3.05) is 6.54 Å². The number of unbranched alkanes of at least 4 members (excludes halogenated alkanes) is 1. The second-order valence-corrected chi connectivity index (χ2v) is 2.88. The van der Waals surface area contributed by atoms with Gasteiger partial charge in [-0.3, -0.25) is 0 Å². The third-order valence-corrected chi connectivity index (χ3v) is 1.75. The third-order valence-electron chi connectivity index (χ3n) is 1.75. The van der Waals surface area contributed by atoms with Crippen LogP contribution in [-0.2, 0) is 6.42 Å². The fourth-order valence-electron chi connectivity index (χ4n) is 1.02. The molecule has 3 heteroatoms. The lowest BCUT2D eigenvalue weighted by Gasteiger charge is -1.98. The summed E-state index contributed by atoms with van der Waals surface area (Å²) < 4.78 is 0. The van der Waals surface area contributed by atoms with E-state index in [0.29, 0.717) is 0 Å². The third kappa shape index (κ3) is 2.96. The first-order valence-corrected chi connectivity index (χ1v) is 4.30. The maximum Gasteiger partial charge on any atom is 0.125 e. The van der Waals surface area contributed by atoms with E-state index in [4.69, 9.17) is 5.73 Å². The van der Waals surface area contributed by atoms with E-state index in [1.165, 1.54) is 5.56 Å². The molecule has 3 nitrogen and oxygen atoms in total. The number of hydrogen-bond donors (Lipinski definition) is 1. The van der Waals surface area contributed by atoms with Gasteiger partial charge in [-0.2, -0.15) is 0 Å². The van der Waals surface area contributed by atoms with Gasteiger partial charge in [-0.05, 0) is 38.3 Å². The average molecular weight is 165 g/mol. The van der Waals surface area contributed by atoms with E-state index in [1.807, 2.05) is 19.3 Å². The van der Waals surface area contributed by atoms with Crippen LogP contribution in [0.15, 0.2) is 12.4 Å². The van der Waals surface area contributed by atoms with Crippen molar-refractivity contribution < 1.29 is 0 Å². The largest absolute Gasteiger partial charge is 0.330 e. The van der Waals surface area contributed by atoms with Gasteiger partial charge in [0.2, 0.25) is 0 Å². The van der Waals surface area contributed by atoms with Crippen LogP contribution in [0, 0.1) is 6.92 Å². The van der Waals surface area contributed by atoms with Crippen LogP contribution in [0.4, 0.5) is 0 Å². The molecule has 0 radical (unpaired) electrons. The Labute approximate surface area is 73.0 Å². The van der Waals surface area contributed by atoms with Gasteiger partial charge in [0, 0.05) is 12.4 Å². The summed E-state index contributed by atoms with van der Waals surface area (Å²) in [5.74, 6) is 0.831. The van der Waals surface area contributed by atoms with E-state index in [1.54, 1.807) is 0 Å². The minimum atomic E-state index is 0.771. The van der Waals surface area contributed by atoms with Gasteiger partial charge in [-0.15, -0.1) is 0 Å². The normalized spacial score (nSPS) is 10.2. The molecule has 0 unspecified atom stereocenters. The lowest BCUT2D eigenvalue weighted by Crippen LogP contribution is -1.99. The first-order valence-electron chi connectivity index (χ1n) is 4.30. The van der Waals surface area contributed by atoms with Crippen molar-refractivity contribution in [2.45, 2.75) is 26.2 Å². The van der Waals surface area contributed by atoms with E-state index in [-0.39, 0.29) is 0 Å². The zero-order valence-electron chi connectivity index (χ0n) is 7.45. The average Bonchev–Trinajstić information content (AvgIpc) is 2.09. The predicted octanol–water partition coefficient (Wildman–Crippen LogP) is 1.07. The van der Waals surface area contributed by atoms with E-state index >= 15 is 0 Å². The van der Waals surface area contributed by atoms with Crippen LogP contribution >= 0.6 is 0 Å². The predicted molar refractivity (Wildman–Crippen MR) is 48.8 cm³/mol. The zero-order valence-corrected chi connectivity index (χ0v) is 7.45. The Morgan fingerprint density at radius 1 is 1.25 bits per heavy atom. The minimum absolute atomic E-state index is 0.771. The van der Waals surface area contributed by atoms with Gasteiger partial charge < -0.3 is 5.73 Å². The molecule has 66 valence electrons. The summed E-state index contributed by atoms with van der Waals surface area (Å²) >= 11 is 0. The van der Waals surface area contributed by atoms with Crippen LogP contribution in [0.1, 0.15) is 24.2 Å². The molecule has 0 spiro atoms. The maximum atomic E-state index is 5.39. The Balaban J connectivity index is 2.37. The number of hydrogen-bond acceptors (Lipinski definition) is 3. The van der Waals surface area contributed by atoms with Gasteiger partial charge in [0.1, 0.15) is 5.82 Å². The summed E-state index contributed by atoms with van der Waals surface area (Å²) in [6.45, 7) is 2.66. The molecule has 1 rings (SSSR count). The number of nitrogens with zero attached hydrogens (tertiary/aromatic N) is 2. The van der Waals surface area contributed by atoms with Crippen LogP contribution in [-0.4, -0.2) is 16.5 Å². The van der Waals surface area contributed by atoms with E-state index in [9.17, 15) is 0 Å². The topological polar surface area (TPSA) is 51.8 Å². The molecule has 12 heavy (non-hydrogen) atoms. The van der Waals surface area contributed by atoms with Crippen LogP contribution in [0.5, 0.6) is 0 Å². The van der Waals surface area contributed by atoms with Gasteiger partial charge in [0.25, 0.3) is 0 Å². The first-order chi connectivity index (χ1) is 5.83. The van der Waals surface area contributed by atoms with E-state index in [0.717, 1.165) is 31.6 Å². The summed E-state index contributed by atoms with van der Waals surface area (Å²) in [6, 6.07) is 0. The number of rotatable bonds is 4.